The number of likely N-dealkylation sites (N-methyl/N-ethyl adjacent to an activating group) is 1. The van der Waals surface area contributed by atoms with Crippen LogP contribution in [0.25, 0.3) is 0 Å². The molecule has 1 aliphatic heterocycles. The van der Waals surface area contributed by atoms with Crippen molar-refractivity contribution in [2.24, 2.45) is 0 Å². The van der Waals surface area contributed by atoms with Crippen LogP contribution >= 0.6 is 15.9 Å². The molecule has 5 heteroatoms. The number of hydrogen-bond donors (Lipinski definition) is 1. The Balaban J connectivity index is 1.93. The van der Waals surface area contributed by atoms with E-state index in [1.165, 1.54) is 4.90 Å². The molecule has 1 atom stereocenters. The van der Waals surface area contributed by atoms with E-state index in [2.05, 4.69) is 36.7 Å². The molecule has 27 heavy (non-hydrogen) atoms. The summed E-state index contributed by atoms with van der Waals surface area (Å²) in [5.74, 6) is -0.701. The first kappa shape index (κ1) is 19.8. The summed E-state index contributed by atoms with van der Waals surface area (Å²) in [6, 6.07) is 12.7. The van der Waals surface area contributed by atoms with Gasteiger partial charge in [-0.05, 0) is 36.1 Å². The maximum Gasteiger partial charge on any atom is 0.264 e. The molecule has 0 saturated heterocycles. The quantitative estimate of drug-likeness (QED) is 0.723. The zero-order valence-corrected chi connectivity index (χ0v) is 17.6. The van der Waals surface area contributed by atoms with E-state index in [0.717, 1.165) is 10.0 Å². The van der Waals surface area contributed by atoms with Crippen LogP contribution in [0.3, 0.4) is 0 Å². The molecule has 3 rings (SSSR count). The minimum absolute atomic E-state index is 0.00591. The monoisotopic (exact) mass is 429 g/mol. The summed E-state index contributed by atoms with van der Waals surface area (Å²) in [7, 11) is 0. The Morgan fingerprint density at radius 3 is 2.33 bits per heavy atom. The van der Waals surface area contributed by atoms with Crippen molar-refractivity contribution in [1.82, 2.24) is 0 Å². The van der Waals surface area contributed by atoms with Gasteiger partial charge in [-0.1, -0.05) is 61.0 Å². The van der Waals surface area contributed by atoms with Gasteiger partial charge in [-0.3, -0.25) is 9.59 Å². The number of aliphatic hydroxyl groups is 1. The lowest BCUT2D eigenvalue weighted by Crippen LogP contribution is -2.41. The Morgan fingerprint density at radius 2 is 1.78 bits per heavy atom. The third-order valence-corrected chi connectivity index (χ3v) is 5.59. The van der Waals surface area contributed by atoms with Gasteiger partial charge in [-0.2, -0.15) is 0 Å². The van der Waals surface area contributed by atoms with E-state index in [1.54, 1.807) is 24.3 Å². The van der Waals surface area contributed by atoms with Gasteiger partial charge in [-0.15, -0.1) is 0 Å². The van der Waals surface area contributed by atoms with Gasteiger partial charge >= 0.3 is 0 Å². The fraction of sp³-hybridized carbons (Fsp3) is 0.364. The molecule has 2 aromatic rings. The normalized spacial score (nSPS) is 19.3. The molecule has 0 radical (unpaired) electrons. The molecular weight excluding hydrogens is 406 g/mol. The molecule has 142 valence electrons. The van der Waals surface area contributed by atoms with Gasteiger partial charge in [0.15, 0.2) is 11.4 Å². The fourth-order valence-electron chi connectivity index (χ4n) is 3.50. The van der Waals surface area contributed by atoms with Gasteiger partial charge in [0.25, 0.3) is 5.91 Å². The Kier molecular flexibility index (Phi) is 5.04. The smallest absolute Gasteiger partial charge is 0.264 e. The van der Waals surface area contributed by atoms with Crippen LogP contribution in [0.15, 0.2) is 46.9 Å². The average Bonchev–Trinajstić information content (AvgIpc) is 2.81. The summed E-state index contributed by atoms with van der Waals surface area (Å²) >= 11 is 3.39. The van der Waals surface area contributed by atoms with Crippen molar-refractivity contribution in [3.8, 4) is 0 Å². The molecule has 0 saturated carbocycles. The first-order valence-corrected chi connectivity index (χ1v) is 9.85. The van der Waals surface area contributed by atoms with E-state index >= 15 is 0 Å². The Bertz CT molecular complexity index is 899. The predicted octanol–water partition coefficient (Wildman–Crippen LogP) is 4.57. The van der Waals surface area contributed by atoms with Crippen molar-refractivity contribution in [2.75, 3.05) is 11.4 Å². The van der Waals surface area contributed by atoms with E-state index in [1.807, 2.05) is 25.1 Å². The van der Waals surface area contributed by atoms with E-state index < -0.39 is 11.5 Å². The van der Waals surface area contributed by atoms with E-state index in [-0.39, 0.29) is 17.6 Å². The Hall–Kier alpha value is -1.98. The molecule has 1 aliphatic rings. The zero-order valence-electron chi connectivity index (χ0n) is 16.0. The summed E-state index contributed by atoms with van der Waals surface area (Å²) in [4.78, 5) is 27.3. The van der Waals surface area contributed by atoms with Crippen molar-refractivity contribution < 1.29 is 14.7 Å². The van der Waals surface area contributed by atoms with Crippen LogP contribution in [0.2, 0.25) is 0 Å². The third-order valence-electron chi connectivity index (χ3n) is 5.10. The number of carbonyl (C=O) groups is 2. The van der Waals surface area contributed by atoms with Crippen LogP contribution in [0, 0.1) is 0 Å². The lowest BCUT2D eigenvalue weighted by Gasteiger charge is -2.22. The molecule has 0 aliphatic carbocycles. The molecule has 1 amide bonds. The van der Waals surface area contributed by atoms with Crippen LogP contribution in [-0.4, -0.2) is 23.3 Å². The number of ketones is 1. The predicted molar refractivity (Wildman–Crippen MR) is 110 cm³/mol. The van der Waals surface area contributed by atoms with Crippen molar-refractivity contribution in [3.63, 3.8) is 0 Å². The van der Waals surface area contributed by atoms with Crippen LogP contribution < -0.4 is 4.90 Å². The van der Waals surface area contributed by atoms with Crippen molar-refractivity contribution in [1.29, 1.82) is 0 Å². The summed E-state index contributed by atoms with van der Waals surface area (Å²) in [6.45, 7) is 8.61. The first-order chi connectivity index (χ1) is 12.6. The molecule has 0 unspecified atom stereocenters. The highest BCUT2D eigenvalue weighted by molar-refractivity contribution is 9.10. The lowest BCUT2D eigenvalue weighted by atomic mass is 9.85. The number of nitrogens with zero attached hydrogens (tertiary/aromatic N) is 1. The molecule has 4 nitrogen and oxygen atoms in total. The molecule has 0 fully saturated rings. The van der Waals surface area contributed by atoms with E-state index in [4.69, 9.17) is 0 Å². The number of rotatable bonds is 4. The standard InChI is InChI=1S/C22H24BrNO3/c1-5-24-18-11-10-16(23)12-17(18)22(27,20(24)26)13-19(25)14-6-8-15(9-7-14)21(2,3)4/h6-12,27H,5,13H2,1-4H3/t22-/m1/s1. The van der Waals surface area contributed by atoms with Gasteiger partial charge in [-0.25, -0.2) is 0 Å². The number of fused-ring (bicyclic) bond motifs is 1. The number of hydrogen-bond acceptors (Lipinski definition) is 3. The van der Waals surface area contributed by atoms with Gasteiger partial charge in [0.1, 0.15) is 0 Å². The first-order valence-electron chi connectivity index (χ1n) is 9.06. The Morgan fingerprint density at radius 1 is 1.15 bits per heavy atom. The molecule has 1 heterocycles. The van der Waals surface area contributed by atoms with Gasteiger partial charge < -0.3 is 10.0 Å². The number of Topliss-reactive ketones (excluding diaryl/α,β-unsaturated/α-hetero) is 1. The molecule has 0 spiro atoms. The van der Waals surface area contributed by atoms with Gasteiger partial charge in [0.05, 0.1) is 12.1 Å². The average molecular weight is 430 g/mol. The van der Waals surface area contributed by atoms with Gasteiger partial charge in [0.2, 0.25) is 0 Å². The Labute approximate surface area is 168 Å². The second-order valence-electron chi connectivity index (χ2n) is 8.00. The summed E-state index contributed by atoms with van der Waals surface area (Å²) < 4.78 is 0.757. The largest absolute Gasteiger partial charge is 0.375 e. The summed E-state index contributed by atoms with van der Waals surface area (Å²) in [6.07, 6.45) is -0.277. The molecule has 0 aromatic heterocycles. The highest BCUT2D eigenvalue weighted by Crippen LogP contribution is 2.44. The second kappa shape index (κ2) is 6.88. The number of amides is 1. The maximum atomic E-state index is 12.9. The van der Waals surface area contributed by atoms with Crippen molar-refractivity contribution in [3.05, 3.63) is 63.6 Å². The number of anilines is 1. The fourth-order valence-corrected chi connectivity index (χ4v) is 3.86. The van der Waals surface area contributed by atoms with E-state index in [9.17, 15) is 14.7 Å². The number of carbonyl (C=O) groups excluding carboxylic acids is 2. The zero-order chi connectivity index (χ0) is 20.0. The lowest BCUT2D eigenvalue weighted by molar-refractivity contribution is -0.135. The summed E-state index contributed by atoms with van der Waals surface area (Å²) in [5, 5.41) is 11.2. The van der Waals surface area contributed by atoms with Crippen LogP contribution in [0.1, 0.15) is 55.6 Å². The van der Waals surface area contributed by atoms with Crippen LogP contribution in [-0.2, 0) is 15.8 Å². The summed E-state index contributed by atoms with van der Waals surface area (Å²) in [5.41, 5.74) is 0.910. The minimum atomic E-state index is -1.84. The highest BCUT2D eigenvalue weighted by Gasteiger charge is 2.50. The molecule has 1 N–H and O–H groups in total. The number of benzene rings is 2. The molecule has 2 aromatic carbocycles. The van der Waals surface area contributed by atoms with Crippen LogP contribution in [0.5, 0.6) is 0 Å². The molecular formula is C22H24BrNO3. The highest BCUT2D eigenvalue weighted by atomic mass is 79.9. The second-order valence-corrected chi connectivity index (χ2v) is 8.91. The third kappa shape index (κ3) is 3.46. The SMILES string of the molecule is CCN1C(=O)[C@@](O)(CC(=O)c2ccc(C(C)(C)C)cc2)c2cc(Br)ccc21. The number of halogens is 1. The minimum Gasteiger partial charge on any atom is -0.375 e. The van der Waals surface area contributed by atoms with Crippen molar-refractivity contribution >= 4 is 33.3 Å². The van der Waals surface area contributed by atoms with Gasteiger partial charge in [0, 0.05) is 22.1 Å². The topological polar surface area (TPSA) is 57.6 Å². The molecule has 0 bridgehead atoms. The van der Waals surface area contributed by atoms with E-state index in [0.29, 0.717) is 23.4 Å². The van der Waals surface area contributed by atoms with Crippen molar-refractivity contribution in [2.45, 2.75) is 45.1 Å². The maximum absolute atomic E-state index is 12.9. The van der Waals surface area contributed by atoms with Crippen LogP contribution in [0.4, 0.5) is 5.69 Å².